The molecule has 0 N–H and O–H groups in total. The predicted molar refractivity (Wildman–Crippen MR) is 91.9 cm³/mol. The van der Waals surface area contributed by atoms with Crippen molar-refractivity contribution in [2.24, 2.45) is 0 Å². The van der Waals surface area contributed by atoms with E-state index in [2.05, 4.69) is 30.2 Å². The molecule has 0 atom stereocenters. The number of hydrogen-bond donors (Lipinski definition) is 0. The third-order valence-electron chi connectivity index (χ3n) is 3.93. The summed E-state index contributed by atoms with van der Waals surface area (Å²) in [7, 11) is 0. The fourth-order valence-corrected chi connectivity index (χ4v) is 2.56. The molecular formula is C18H16N6O2. The quantitative estimate of drug-likeness (QED) is 0.542. The van der Waals surface area contributed by atoms with E-state index in [1.54, 1.807) is 12.4 Å². The Hall–Kier alpha value is -3.42. The maximum Gasteiger partial charge on any atom is 0.227 e. The van der Waals surface area contributed by atoms with Crippen LogP contribution in [0.25, 0.3) is 23.0 Å². The summed E-state index contributed by atoms with van der Waals surface area (Å²) in [6, 6.07) is 7.66. The largest absolute Gasteiger partial charge is 0.339 e. The zero-order chi connectivity index (χ0) is 17.9. The van der Waals surface area contributed by atoms with Crippen LogP contribution < -0.4 is 0 Å². The van der Waals surface area contributed by atoms with E-state index in [-0.39, 0.29) is 0 Å². The molecule has 0 radical (unpaired) electrons. The number of nitrogens with zero attached hydrogens (tertiary/aromatic N) is 6. The van der Waals surface area contributed by atoms with Crippen LogP contribution in [0.5, 0.6) is 0 Å². The van der Waals surface area contributed by atoms with Crippen molar-refractivity contribution >= 4 is 0 Å². The monoisotopic (exact) mass is 348 g/mol. The van der Waals surface area contributed by atoms with Crippen LogP contribution in [0.3, 0.4) is 0 Å². The second-order valence-electron chi connectivity index (χ2n) is 5.86. The highest BCUT2D eigenvalue weighted by Gasteiger charge is 2.15. The van der Waals surface area contributed by atoms with E-state index < -0.39 is 0 Å². The van der Waals surface area contributed by atoms with Crippen LogP contribution in [0.15, 0.2) is 45.7 Å². The highest BCUT2D eigenvalue weighted by atomic mass is 16.5. The van der Waals surface area contributed by atoms with Gasteiger partial charge in [0.15, 0.2) is 0 Å². The lowest BCUT2D eigenvalue weighted by Crippen LogP contribution is -1.94. The van der Waals surface area contributed by atoms with E-state index in [9.17, 15) is 0 Å². The molecule has 8 nitrogen and oxygen atoms in total. The Bertz CT molecular complexity index is 956. The number of pyridine rings is 2. The van der Waals surface area contributed by atoms with Gasteiger partial charge < -0.3 is 9.05 Å². The molecule has 0 unspecified atom stereocenters. The first kappa shape index (κ1) is 16.1. The zero-order valence-electron chi connectivity index (χ0n) is 14.4. The summed E-state index contributed by atoms with van der Waals surface area (Å²) in [6.45, 7) is 3.91. The molecule has 8 heteroatoms. The van der Waals surface area contributed by atoms with Crippen molar-refractivity contribution in [1.82, 2.24) is 30.2 Å². The van der Waals surface area contributed by atoms with Gasteiger partial charge in [-0.3, -0.25) is 9.97 Å². The van der Waals surface area contributed by atoms with Gasteiger partial charge in [-0.05, 0) is 37.1 Å². The van der Waals surface area contributed by atoms with E-state index in [1.165, 1.54) is 0 Å². The van der Waals surface area contributed by atoms with Crippen molar-refractivity contribution in [3.63, 3.8) is 0 Å². The molecule has 0 aliphatic carbocycles. The van der Waals surface area contributed by atoms with Gasteiger partial charge >= 0.3 is 0 Å². The summed E-state index contributed by atoms with van der Waals surface area (Å²) >= 11 is 0. The normalized spacial score (nSPS) is 11.0. The zero-order valence-corrected chi connectivity index (χ0v) is 14.4. The molecule has 4 aromatic rings. The summed E-state index contributed by atoms with van der Waals surface area (Å²) < 4.78 is 10.6. The number of rotatable bonds is 5. The lowest BCUT2D eigenvalue weighted by molar-refractivity contribution is 0.354. The van der Waals surface area contributed by atoms with Crippen LogP contribution in [0, 0.1) is 13.8 Å². The molecule has 0 spiro atoms. The first-order chi connectivity index (χ1) is 12.7. The van der Waals surface area contributed by atoms with Gasteiger partial charge in [0.2, 0.25) is 23.4 Å². The molecule has 0 aliphatic heterocycles. The molecule has 4 aromatic heterocycles. The minimum atomic E-state index is 0.480. The highest BCUT2D eigenvalue weighted by molar-refractivity contribution is 5.53. The lowest BCUT2D eigenvalue weighted by Gasteiger charge is -1.97. The van der Waals surface area contributed by atoms with Gasteiger partial charge in [-0.25, -0.2) is 0 Å². The van der Waals surface area contributed by atoms with Gasteiger partial charge in [0.05, 0.1) is 0 Å². The van der Waals surface area contributed by atoms with Crippen molar-refractivity contribution in [3.05, 3.63) is 59.6 Å². The Morgan fingerprint density at radius 3 is 1.62 bits per heavy atom. The number of aromatic nitrogens is 6. The standard InChI is InChI=1S/C18H16N6O2/c1-11-5-3-9-19-15(11)17-21-13(25-23-17)7-8-14-22-18(24-26-14)16-12(2)6-4-10-20-16/h3-6,9-10H,7-8H2,1-2H3. The summed E-state index contributed by atoms with van der Waals surface area (Å²) in [5, 5.41) is 8.00. The molecule has 0 aliphatic rings. The molecule has 0 bridgehead atoms. The smallest absolute Gasteiger partial charge is 0.227 e. The first-order valence-electron chi connectivity index (χ1n) is 8.20. The SMILES string of the molecule is Cc1cccnc1-c1noc(CCc2nc(-c3ncccc3C)no2)n1. The molecule has 4 rings (SSSR count). The summed E-state index contributed by atoms with van der Waals surface area (Å²) in [5.74, 6) is 1.96. The molecule has 130 valence electrons. The summed E-state index contributed by atoms with van der Waals surface area (Å²) in [6.07, 6.45) is 4.42. The van der Waals surface area contributed by atoms with Gasteiger partial charge in [-0.2, -0.15) is 9.97 Å². The molecule has 0 aromatic carbocycles. The van der Waals surface area contributed by atoms with Gasteiger partial charge in [-0.1, -0.05) is 22.4 Å². The van der Waals surface area contributed by atoms with Gasteiger partial charge in [0.1, 0.15) is 11.4 Å². The Morgan fingerprint density at radius 1 is 0.731 bits per heavy atom. The fraction of sp³-hybridized carbons (Fsp3) is 0.222. The van der Waals surface area contributed by atoms with Crippen molar-refractivity contribution in [2.45, 2.75) is 26.7 Å². The minimum absolute atomic E-state index is 0.480. The van der Waals surface area contributed by atoms with Crippen molar-refractivity contribution in [3.8, 4) is 23.0 Å². The third-order valence-corrected chi connectivity index (χ3v) is 3.93. The summed E-state index contributed by atoms with van der Waals surface area (Å²) in [5.41, 5.74) is 3.42. The molecule has 4 heterocycles. The average molecular weight is 348 g/mol. The van der Waals surface area contributed by atoms with Crippen LogP contribution in [-0.2, 0) is 12.8 Å². The lowest BCUT2D eigenvalue weighted by atomic mass is 10.2. The predicted octanol–water partition coefficient (Wildman–Crippen LogP) is 2.98. The average Bonchev–Trinajstić information content (AvgIpc) is 3.30. The number of hydrogen-bond acceptors (Lipinski definition) is 8. The first-order valence-corrected chi connectivity index (χ1v) is 8.20. The fourth-order valence-electron chi connectivity index (χ4n) is 2.56. The van der Waals surface area contributed by atoms with Gasteiger partial charge in [-0.15, -0.1) is 0 Å². The van der Waals surface area contributed by atoms with Crippen molar-refractivity contribution in [2.75, 3.05) is 0 Å². The van der Waals surface area contributed by atoms with E-state index in [0.29, 0.717) is 47.7 Å². The Balaban J connectivity index is 1.46. The Morgan fingerprint density at radius 2 is 1.19 bits per heavy atom. The second kappa shape index (κ2) is 6.83. The molecule has 26 heavy (non-hydrogen) atoms. The maximum absolute atomic E-state index is 5.30. The topological polar surface area (TPSA) is 104 Å². The van der Waals surface area contributed by atoms with Crippen LogP contribution in [-0.4, -0.2) is 30.2 Å². The second-order valence-corrected chi connectivity index (χ2v) is 5.86. The molecule has 0 fully saturated rings. The summed E-state index contributed by atoms with van der Waals surface area (Å²) in [4.78, 5) is 17.4. The van der Waals surface area contributed by atoms with Gasteiger partial charge in [0.25, 0.3) is 0 Å². The Labute approximate surface area is 149 Å². The molecule has 0 saturated carbocycles. The number of aryl methyl sites for hydroxylation is 4. The minimum Gasteiger partial charge on any atom is -0.339 e. The molecule has 0 saturated heterocycles. The van der Waals surface area contributed by atoms with E-state index in [4.69, 9.17) is 9.05 Å². The third kappa shape index (κ3) is 3.21. The van der Waals surface area contributed by atoms with Crippen LogP contribution in [0.4, 0.5) is 0 Å². The molecule has 0 amide bonds. The highest BCUT2D eigenvalue weighted by Crippen LogP contribution is 2.19. The van der Waals surface area contributed by atoms with Crippen LogP contribution in [0.2, 0.25) is 0 Å². The van der Waals surface area contributed by atoms with E-state index in [1.807, 2.05) is 38.1 Å². The van der Waals surface area contributed by atoms with E-state index >= 15 is 0 Å². The Kier molecular flexibility index (Phi) is 4.22. The van der Waals surface area contributed by atoms with Crippen LogP contribution >= 0.6 is 0 Å². The van der Waals surface area contributed by atoms with E-state index in [0.717, 1.165) is 11.1 Å². The van der Waals surface area contributed by atoms with Crippen molar-refractivity contribution in [1.29, 1.82) is 0 Å². The van der Waals surface area contributed by atoms with Gasteiger partial charge in [0, 0.05) is 25.2 Å². The molecular weight excluding hydrogens is 332 g/mol. The van der Waals surface area contributed by atoms with Crippen LogP contribution in [0.1, 0.15) is 22.9 Å². The van der Waals surface area contributed by atoms with Crippen molar-refractivity contribution < 1.29 is 9.05 Å². The maximum atomic E-state index is 5.30.